The first-order chi connectivity index (χ1) is 17.2. The molecule has 0 aliphatic carbocycles. The Hall–Kier alpha value is -3.63. The van der Waals surface area contributed by atoms with Crippen LogP contribution in [0.5, 0.6) is 0 Å². The van der Waals surface area contributed by atoms with Crippen molar-refractivity contribution in [3.8, 4) is 11.8 Å². The standard InChI is InChI=1S/C34H33F/c1-3-5-7-26-9-11-27(12-10-26)13-14-28-15-17-29(18-16-28)19-20-30-21-24-33-32(25-30)23-22-31(34(33)35)8-6-4-2/h4,9-12,15-18,21-25H,2-3,5-8,13-14H2,1H3. The Balaban J connectivity index is 1.37. The molecule has 0 fully saturated rings. The summed E-state index contributed by atoms with van der Waals surface area (Å²) in [5.74, 6) is 6.35. The van der Waals surface area contributed by atoms with Crippen LogP contribution in [0.2, 0.25) is 0 Å². The van der Waals surface area contributed by atoms with Crippen molar-refractivity contribution in [2.75, 3.05) is 0 Å². The van der Waals surface area contributed by atoms with Crippen molar-refractivity contribution < 1.29 is 4.39 Å². The fourth-order valence-electron chi connectivity index (χ4n) is 4.31. The van der Waals surface area contributed by atoms with E-state index >= 15 is 0 Å². The molecule has 0 radical (unpaired) electrons. The Morgan fingerprint density at radius 1 is 0.714 bits per heavy atom. The second-order valence-electron chi connectivity index (χ2n) is 9.17. The Morgan fingerprint density at radius 2 is 1.31 bits per heavy atom. The van der Waals surface area contributed by atoms with Crippen molar-refractivity contribution >= 4 is 10.8 Å². The summed E-state index contributed by atoms with van der Waals surface area (Å²) in [5, 5.41) is 1.53. The molecule has 0 saturated heterocycles. The number of allylic oxidation sites excluding steroid dienone is 1. The molecule has 0 heterocycles. The van der Waals surface area contributed by atoms with Gasteiger partial charge in [-0.3, -0.25) is 0 Å². The van der Waals surface area contributed by atoms with Gasteiger partial charge in [0.15, 0.2) is 0 Å². The van der Waals surface area contributed by atoms with Gasteiger partial charge in [-0.2, -0.15) is 0 Å². The zero-order valence-electron chi connectivity index (χ0n) is 20.6. The van der Waals surface area contributed by atoms with Gasteiger partial charge in [-0.15, -0.1) is 6.58 Å². The molecule has 0 aromatic heterocycles. The Bertz CT molecular complexity index is 1330. The fourth-order valence-corrected chi connectivity index (χ4v) is 4.31. The third-order valence-corrected chi connectivity index (χ3v) is 6.50. The van der Waals surface area contributed by atoms with Crippen LogP contribution in [0, 0.1) is 17.7 Å². The van der Waals surface area contributed by atoms with Crippen molar-refractivity contribution in [2.45, 2.75) is 51.9 Å². The number of halogens is 1. The highest BCUT2D eigenvalue weighted by Crippen LogP contribution is 2.23. The van der Waals surface area contributed by atoms with Crippen LogP contribution in [-0.4, -0.2) is 0 Å². The molecule has 0 amide bonds. The van der Waals surface area contributed by atoms with Gasteiger partial charge in [-0.05, 0) is 90.4 Å². The van der Waals surface area contributed by atoms with Gasteiger partial charge in [0.1, 0.15) is 5.82 Å². The van der Waals surface area contributed by atoms with E-state index in [1.165, 1.54) is 36.0 Å². The van der Waals surface area contributed by atoms with Crippen LogP contribution in [0.15, 0.2) is 91.5 Å². The number of fused-ring (bicyclic) bond motifs is 1. The van der Waals surface area contributed by atoms with Gasteiger partial charge in [0.2, 0.25) is 0 Å². The highest BCUT2D eigenvalue weighted by atomic mass is 19.1. The summed E-state index contributed by atoms with van der Waals surface area (Å²) >= 11 is 0. The van der Waals surface area contributed by atoms with E-state index < -0.39 is 0 Å². The highest BCUT2D eigenvalue weighted by Gasteiger charge is 2.07. The highest BCUT2D eigenvalue weighted by molar-refractivity contribution is 5.85. The first-order valence-electron chi connectivity index (χ1n) is 12.7. The van der Waals surface area contributed by atoms with E-state index in [9.17, 15) is 4.39 Å². The average Bonchev–Trinajstić information content (AvgIpc) is 2.90. The molecular weight excluding hydrogens is 427 g/mol. The van der Waals surface area contributed by atoms with E-state index in [1.54, 1.807) is 0 Å². The lowest BCUT2D eigenvalue weighted by molar-refractivity contribution is 0.621. The maximum atomic E-state index is 14.8. The molecule has 0 nitrogen and oxygen atoms in total. The number of benzene rings is 4. The van der Waals surface area contributed by atoms with Crippen molar-refractivity contribution in [1.82, 2.24) is 0 Å². The zero-order valence-corrected chi connectivity index (χ0v) is 20.6. The van der Waals surface area contributed by atoms with Crippen LogP contribution < -0.4 is 0 Å². The minimum Gasteiger partial charge on any atom is -0.206 e. The largest absolute Gasteiger partial charge is 0.206 e. The molecule has 0 aliphatic rings. The molecule has 4 aromatic carbocycles. The van der Waals surface area contributed by atoms with Gasteiger partial charge in [0.25, 0.3) is 0 Å². The van der Waals surface area contributed by atoms with Gasteiger partial charge < -0.3 is 0 Å². The summed E-state index contributed by atoms with van der Waals surface area (Å²) in [6, 6.07) is 27.1. The summed E-state index contributed by atoms with van der Waals surface area (Å²) in [6.45, 7) is 5.96. The Kier molecular flexibility index (Phi) is 8.53. The van der Waals surface area contributed by atoms with Crippen molar-refractivity contribution in [3.63, 3.8) is 0 Å². The molecule has 4 aromatic rings. The summed E-state index contributed by atoms with van der Waals surface area (Å²) in [6.07, 6.45) is 9.00. The maximum absolute atomic E-state index is 14.8. The molecule has 35 heavy (non-hydrogen) atoms. The van der Waals surface area contributed by atoms with Gasteiger partial charge in [0.05, 0.1) is 0 Å². The lowest BCUT2D eigenvalue weighted by Crippen LogP contribution is -1.93. The summed E-state index contributed by atoms with van der Waals surface area (Å²) in [4.78, 5) is 0. The molecule has 0 bridgehead atoms. The zero-order chi connectivity index (χ0) is 24.5. The molecule has 0 spiro atoms. The van der Waals surface area contributed by atoms with E-state index in [-0.39, 0.29) is 5.82 Å². The summed E-state index contributed by atoms with van der Waals surface area (Å²) in [5.41, 5.74) is 6.75. The number of hydrogen-bond acceptors (Lipinski definition) is 0. The monoisotopic (exact) mass is 460 g/mol. The molecule has 0 atom stereocenters. The lowest BCUT2D eigenvalue weighted by atomic mass is 10.0. The van der Waals surface area contributed by atoms with Crippen LogP contribution in [0.25, 0.3) is 10.8 Å². The summed E-state index contributed by atoms with van der Waals surface area (Å²) < 4.78 is 14.8. The Labute approximate surface area is 209 Å². The van der Waals surface area contributed by atoms with Crippen LogP contribution in [0.4, 0.5) is 4.39 Å². The molecule has 0 N–H and O–H groups in total. The minimum atomic E-state index is -0.133. The van der Waals surface area contributed by atoms with E-state index in [0.717, 1.165) is 41.3 Å². The van der Waals surface area contributed by atoms with E-state index in [2.05, 4.69) is 73.9 Å². The molecule has 0 unspecified atom stereocenters. The van der Waals surface area contributed by atoms with Gasteiger partial charge in [-0.25, -0.2) is 4.39 Å². The van der Waals surface area contributed by atoms with Crippen molar-refractivity contribution in [1.29, 1.82) is 0 Å². The van der Waals surface area contributed by atoms with Gasteiger partial charge >= 0.3 is 0 Å². The second-order valence-corrected chi connectivity index (χ2v) is 9.17. The molecule has 176 valence electrons. The molecule has 0 saturated carbocycles. The number of hydrogen-bond donors (Lipinski definition) is 0. The Morgan fingerprint density at radius 3 is 1.97 bits per heavy atom. The fraction of sp³-hybridized carbons (Fsp3) is 0.235. The molecular formula is C34H33F. The van der Waals surface area contributed by atoms with Gasteiger partial charge in [-0.1, -0.05) is 85.9 Å². The molecule has 0 aliphatic heterocycles. The SMILES string of the molecule is C=CCCc1ccc2cc(C#Cc3ccc(CCc4ccc(CCCC)cc4)cc3)ccc2c1F. The van der Waals surface area contributed by atoms with Crippen LogP contribution in [-0.2, 0) is 25.7 Å². The normalized spacial score (nSPS) is 10.7. The van der Waals surface area contributed by atoms with E-state index in [0.29, 0.717) is 11.8 Å². The van der Waals surface area contributed by atoms with E-state index in [1.807, 2.05) is 36.4 Å². The first-order valence-corrected chi connectivity index (χ1v) is 12.7. The third kappa shape index (κ3) is 6.71. The smallest absolute Gasteiger partial charge is 0.134 e. The number of aryl methyl sites for hydroxylation is 4. The average molecular weight is 461 g/mol. The number of unbranched alkanes of at least 4 members (excludes halogenated alkanes) is 1. The predicted octanol–water partition coefficient (Wildman–Crippen LogP) is 8.63. The molecule has 4 rings (SSSR count). The van der Waals surface area contributed by atoms with Crippen LogP contribution >= 0.6 is 0 Å². The minimum absolute atomic E-state index is 0.133. The first kappa shape index (κ1) is 24.5. The summed E-state index contributed by atoms with van der Waals surface area (Å²) in [7, 11) is 0. The second kappa shape index (κ2) is 12.2. The number of rotatable bonds is 9. The van der Waals surface area contributed by atoms with E-state index in [4.69, 9.17) is 0 Å². The van der Waals surface area contributed by atoms with Crippen LogP contribution in [0.3, 0.4) is 0 Å². The van der Waals surface area contributed by atoms with Gasteiger partial charge in [0, 0.05) is 16.5 Å². The maximum Gasteiger partial charge on any atom is 0.134 e. The third-order valence-electron chi connectivity index (χ3n) is 6.50. The van der Waals surface area contributed by atoms with Crippen molar-refractivity contribution in [3.05, 3.63) is 131 Å². The van der Waals surface area contributed by atoms with Crippen LogP contribution in [0.1, 0.15) is 59.6 Å². The predicted molar refractivity (Wildman–Crippen MR) is 147 cm³/mol. The topological polar surface area (TPSA) is 0 Å². The quantitative estimate of drug-likeness (QED) is 0.173. The van der Waals surface area contributed by atoms with Crippen molar-refractivity contribution in [2.24, 2.45) is 0 Å². The lowest BCUT2D eigenvalue weighted by Gasteiger charge is -2.06. The molecule has 1 heteroatoms.